The molecule has 1 aliphatic rings. The number of halogens is 1. The van der Waals surface area contributed by atoms with Crippen molar-refractivity contribution in [3.05, 3.63) is 48.2 Å². The lowest BCUT2D eigenvalue weighted by Gasteiger charge is -2.35. The molecule has 0 aliphatic carbocycles. The van der Waals surface area contributed by atoms with Crippen LogP contribution in [0.25, 0.3) is 10.9 Å². The second-order valence-corrected chi connectivity index (χ2v) is 6.55. The average Bonchev–Trinajstić information content (AvgIpc) is 2.70. The fourth-order valence-electron chi connectivity index (χ4n) is 3.19. The lowest BCUT2D eigenvalue weighted by Crippen LogP contribution is -2.47. The molecule has 0 spiro atoms. The van der Waals surface area contributed by atoms with E-state index in [4.69, 9.17) is 4.74 Å². The number of piperazine rings is 1. The molecule has 0 N–H and O–H groups in total. The minimum atomic E-state index is -0.270. The fraction of sp³-hybridized carbons (Fsp3) is 0.368. The second-order valence-electron chi connectivity index (χ2n) is 6.55. The van der Waals surface area contributed by atoms with E-state index in [2.05, 4.69) is 30.0 Å². The van der Waals surface area contributed by atoms with Gasteiger partial charge >= 0.3 is 0 Å². The van der Waals surface area contributed by atoms with Crippen LogP contribution in [0.1, 0.15) is 5.69 Å². The highest BCUT2D eigenvalue weighted by atomic mass is 19.1. The Labute approximate surface area is 156 Å². The third-order valence-electron chi connectivity index (χ3n) is 4.68. The molecule has 4 rings (SSSR count). The first-order valence-corrected chi connectivity index (χ1v) is 9.00. The molecule has 140 valence electrons. The van der Waals surface area contributed by atoms with Crippen molar-refractivity contribution in [3.63, 3.8) is 0 Å². The van der Waals surface area contributed by atoms with Crippen molar-refractivity contribution in [1.29, 1.82) is 0 Å². The van der Waals surface area contributed by atoms with Gasteiger partial charge in [0.05, 0.1) is 11.2 Å². The lowest BCUT2D eigenvalue weighted by molar-refractivity contribution is 0.196. The van der Waals surface area contributed by atoms with Crippen LogP contribution in [0.5, 0.6) is 5.88 Å². The summed E-state index contributed by atoms with van der Waals surface area (Å²) in [4.78, 5) is 13.1. The van der Waals surface area contributed by atoms with E-state index in [1.165, 1.54) is 12.1 Å². The molecule has 1 saturated heterocycles. The maximum Gasteiger partial charge on any atom is 0.233 e. The number of benzene rings is 1. The van der Waals surface area contributed by atoms with E-state index in [9.17, 15) is 4.39 Å². The Morgan fingerprint density at radius 3 is 2.67 bits per heavy atom. The molecule has 3 heterocycles. The lowest BCUT2D eigenvalue weighted by atomic mass is 10.2. The van der Waals surface area contributed by atoms with Crippen LogP contribution >= 0.6 is 0 Å². The number of aromatic nitrogens is 4. The summed E-state index contributed by atoms with van der Waals surface area (Å²) >= 11 is 0. The Morgan fingerprint density at radius 1 is 1.04 bits per heavy atom. The monoisotopic (exact) mass is 368 g/mol. The van der Waals surface area contributed by atoms with Crippen molar-refractivity contribution in [1.82, 2.24) is 25.1 Å². The number of fused-ring (bicyclic) bond motifs is 1. The van der Waals surface area contributed by atoms with Gasteiger partial charge in [-0.05, 0) is 31.2 Å². The molecule has 1 aromatic carbocycles. The molecule has 7 nitrogen and oxygen atoms in total. The van der Waals surface area contributed by atoms with Gasteiger partial charge in [-0.15, -0.1) is 5.10 Å². The van der Waals surface area contributed by atoms with Crippen LogP contribution in [-0.4, -0.2) is 64.4 Å². The van der Waals surface area contributed by atoms with Crippen molar-refractivity contribution < 1.29 is 9.13 Å². The molecule has 1 aliphatic heterocycles. The minimum absolute atomic E-state index is 0.270. The number of nitrogens with zero attached hydrogens (tertiary/aromatic N) is 6. The average molecular weight is 368 g/mol. The summed E-state index contributed by atoms with van der Waals surface area (Å²) < 4.78 is 19.3. The van der Waals surface area contributed by atoms with Crippen LogP contribution in [-0.2, 0) is 0 Å². The number of rotatable bonds is 5. The maximum absolute atomic E-state index is 13.6. The predicted octanol–water partition coefficient (Wildman–Crippen LogP) is 2.07. The third kappa shape index (κ3) is 4.11. The molecular formula is C19H21FN6O. The summed E-state index contributed by atoms with van der Waals surface area (Å²) in [6, 6.07) is 8.34. The molecule has 0 radical (unpaired) electrons. The zero-order valence-corrected chi connectivity index (χ0v) is 15.2. The summed E-state index contributed by atoms with van der Waals surface area (Å²) in [6.07, 6.45) is 1.54. The zero-order valence-electron chi connectivity index (χ0n) is 15.2. The highest BCUT2D eigenvalue weighted by Crippen LogP contribution is 2.24. The second kappa shape index (κ2) is 7.79. The van der Waals surface area contributed by atoms with E-state index in [0.29, 0.717) is 12.5 Å². The molecule has 0 bridgehead atoms. The van der Waals surface area contributed by atoms with Crippen LogP contribution in [0, 0.1) is 12.7 Å². The van der Waals surface area contributed by atoms with Crippen molar-refractivity contribution in [2.24, 2.45) is 0 Å². The van der Waals surface area contributed by atoms with Crippen LogP contribution in [0.3, 0.4) is 0 Å². The van der Waals surface area contributed by atoms with Crippen LogP contribution in [0.2, 0.25) is 0 Å². The maximum atomic E-state index is 13.6. The van der Waals surface area contributed by atoms with Gasteiger partial charge in [-0.1, -0.05) is 0 Å². The van der Waals surface area contributed by atoms with E-state index in [-0.39, 0.29) is 5.82 Å². The normalized spacial score (nSPS) is 15.3. The summed E-state index contributed by atoms with van der Waals surface area (Å²) in [5.74, 6) is 1.08. The fourth-order valence-corrected chi connectivity index (χ4v) is 3.19. The van der Waals surface area contributed by atoms with Gasteiger partial charge < -0.3 is 9.64 Å². The van der Waals surface area contributed by atoms with Crippen LogP contribution < -0.4 is 9.64 Å². The van der Waals surface area contributed by atoms with Gasteiger partial charge in [-0.25, -0.2) is 14.4 Å². The smallest absolute Gasteiger partial charge is 0.233 e. The highest BCUT2D eigenvalue weighted by Gasteiger charge is 2.20. The minimum Gasteiger partial charge on any atom is -0.475 e. The Morgan fingerprint density at radius 2 is 1.89 bits per heavy atom. The third-order valence-corrected chi connectivity index (χ3v) is 4.68. The predicted molar refractivity (Wildman–Crippen MR) is 100 cm³/mol. The summed E-state index contributed by atoms with van der Waals surface area (Å²) in [5.41, 5.74) is 1.63. The molecule has 27 heavy (non-hydrogen) atoms. The van der Waals surface area contributed by atoms with Gasteiger partial charge in [0, 0.05) is 44.2 Å². The van der Waals surface area contributed by atoms with Gasteiger partial charge in [0.25, 0.3) is 0 Å². The van der Waals surface area contributed by atoms with Crippen molar-refractivity contribution in [3.8, 4) is 5.88 Å². The number of aryl methyl sites for hydroxylation is 1. The summed E-state index contributed by atoms with van der Waals surface area (Å²) in [7, 11) is 0. The van der Waals surface area contributed by atoms with E-state index in [0.717, 1.165) is 55.1 Å². The number of hydrogen-bond donors (Lipinski definition) is 0. The largest absolute Gasteiger partial charge is 0.475 e. The molecule has 0 atom stereocenters. The van der Waals surface area contributed by atoms with Gasteiger partial charge in [-0.2, -0.15) is 5.10 Å². The molecule has 8 heteroatoms. The molecular weight excluding hydrogens is 347 g/mol. The Kier molecular flexibility index (Phi) is 5.06. The topological polar surface area (TPSA) is 67.3 Å². The summed E-state index contributed by atoms with van der Waals surface area (Å²) in [5, 5.41) is 8.75. The molecule has 2 aromatic heterocycles. The van der Waals surface area contributed by atoms with Crippen molar-refractivity contribution in [2.75, 3.05) is 44.2 Å². The van der Waals surface area contributed by atoms with E-state index < -0.39 is 0 Å². The van der Waals surface area contributed by atoms with Crippen LogP contribution in [0.4, 0.5) is 10.2 Å². The molecule has 1 fully saturated rings. The van der Waals surface area contributed by atoms with Gasteiger partial charge in [-0.3, -0.25) is 4.90 Å². The molecule has 0 unspecified atom stereocenters. The standard InChI is InChI=1S/C19H21FN6O/c1-14-2-5-18(24-23-14)27-11-10-25-6-8-26(9-7-25)19-16-12-15(20)3-4-17(16)21-13-22-19/h2-5,12-13H,6-11H2,1H3. The van der Waals surface area contributed by atoms with E-state index in [1.54, 1.807) is 12.4 Å². The first kappa shape index (κ1) is 17.5. The summed E-state index contributed by atoms with van der Waals surface area (Å²) in [6.45, 7) is 6.72. The van der Waals surface area contributed by atoms with E-state index >= 15 is 0 Å². The van der Waals surface area contributed by atoms with Gasteiger partial charge in [0.2, 0.25) is 5.88 Å². The molecule has 0 saturated carbocycles. The SMILES string of the molecule is Cc1ccc(OCCN2CCN(c3ncnc4ccc(F)cc34)CC2)nn1. The molecule has 0 amide bonds. The molecule has 3 aromatic rings. The Bertz CT molecular complexity index is 912. The van der Waals surface area contributed by atoms with Gasteiger partial charge in [0.1, 0.15) is 24.6 Å². The van der Waals surface area contributed by atoms with Gasteiger partial charge in [0.15, 0.2) is 0 Å². The number of hydrogen-bond acceptors (Lipinski definition) is 7. The first-order valence-electron chi connectivity index (χ1n) is 9.00. The Hall–Kier alpha value is -2.87. The number of anilines is 1. The number of ether oxygens (including phenoxy) is 1. The highest BCUT2D eigenvalue weighted by molar-refractivity contribution is 5.89. The van der Waals surface area contributed by atoms with Crippen LogP contribution in [0.15, 0.2) is 36.7 Å². The first-order chi connectivity index (χ1) is 13.2. The van der Waals surface area contributed by atoms with Crippen molar-refractivity contribution in [2.45, 2.75) is 6.92 Å². The quantitative estimate of drug-likeness (QED) is 0.683. The van der Waals surface area contributed by atoms with Crippen molar-refractivity contribution >= 4 is 16.7 Å². The zero-order chi connectivity index (χ0) is 18.6. The van der Waals surface area contributed by atoms with E-state index in [1.807, 2.05) is 19.1 Å². The Balaban J connectivity index is 1.33.